The highest BCUT2D eigenvalue weighted by molar-refractivity contribution is 6.06. The van der Waals surface area contributed by atoms with Crippen LogP contribution in [-0.4, -0.2) is 34.8 Å². The topological polar surface area (TPSA) is 102 Å². The number of urea groups is 1. The molecule has 2 aliphatic heterocycles. The first kappa shape index (κ1) is 19.0. The van der Waals surface area contributed by atoms with E-state index in [1.807, 2.05) is 61.5 Å². The average Bonchev–Trinajstić information content (AvgIpc) is 3.38. The Kier molecular flexibility index (Phi) is 4.74. The van der Waals surface area contributed by atoms with E-state index in [9.17, 15) is 9.59 Å². The lowest BCUT2D eigenvalue weighted by atomic mass is 10.0. The minimum atomic E-state index is -0.727. The molecule has 1 fully saturated rings. The van der Waals surface area contributed by atoms with Crippen LogP contribution in [0.25, 0.3) is 10.9 Å². The summed E-state index contributed by atoms with van der Waals surface area (Å²) < 4.78 is 6.00. The van der Waals surface area contributed by atoms with Crippen LogP contribution in [-0.2, 0) is 16.2 Å². The number of pyridine rings is 1. The number of nitrogens with zero attached hydrogens (tertiary/aromatic N) is 2. The maximum absolute atomic E-state index is 11.8. The molecule has 5 rings (SSSR count). The molecule has 8 nitrogen and oxygen atoms in total. The molecule has 8 heteroatoms. The molecule has 0 spiro atoms. The fraction of sp³-hybridized carbons (Fsp3) is 0.217. The number of para-hydroxylation sites is 1. The number of fused-ring (bicyclic) bond motifs is 1. The Morgan fingerprint density at radius 3 is 2.71 bits per heavy atom. The van der Waals surface area contributed by atoms with E-state index in [0.717, 1.165) is 39.2 Å². The highest BCUT2D eigenvalue weighted by Crippen LogP contribution is 2.24. The summed E-state index contributed by atoms with van der Waals surface area (Å²) in [5.41, 5.74) is 4.59. The van der Waals surface area contributed by atoms with E-state index in [2.05, 4.69) is 20.8 Å². The van der Waals surface area contributed by atoms with Crippen LogP contribution < -0.4 is 15.4 Å². The Morgan fingerprint density at radius 2 is 1.94 bits per heavy atom. The van der Waals surface area contributed by atoms with Gasteiger partial charge in [0.05, 0.1) is 11.2 Å². The van der Waals surface area contributed by atoms with Crippen molar-refractivity contribution in [3.63, 3.8) is 0 Å². The summed E-state index contributed by atoms with van der Waals surface area (Å²) >= 11 is 0. The number of carbonyl (C=O) groups excluding carboxylic acids is 2. The second kappa shape index (κ2) is 7.71. The smallest absolute Gasteiger partial charge is 0.322 e. The Labute approximate surface area is 178 Å². The molecule has 0 saturated carbocycles. The average molecular weight is 416 g/mol. The van der Waals surface area contributed by atoms with Crippen LogP contribution in [0, 0.1) is 6.92 Å². The van der Waals surface area contributed by atoms with E-state index >= 15 is 0 Å². The van der Waals surface area contributed by atoms with Crippen molar-refractivity contribution in [2.75, 3.05) is 0 Å². The van der Waals surface area contributed by atoms with Gasteiger partial charge in [-0.1, -0.05) is 23.4 Å². The summed E-state index contributed by atoms with van der Waals surface area (Å²) in [6.45, 7) is 2.41. The molecule has 2 unspecified atom stereocenters. The molecule has 3 amide bonds. The largest absolute Gasteiger partial charge is 0.489 e. The van der Waals surface area contributed by atoms with Crippen LogP contribution in [0.5, 0.6) is 5.75 Å². The Morgan fingerprint density at radius 1 is 1.13 bits per heavy atom. The molecule has 3 aromatic rings. The van der Waals surface area contributed by atoms with Crippen molar-refractivity contribution >= 4 is 28.6 Å². The maximum Gasteiger partial charge on any atom is 0.322 e. The molecular formula is C23H20N4O4. The Balaban J connectivity index is 1.24. The molecule has 2 aromatic carbocycles. The fourth-order valence-corrected chi connectivity index (χ4v) is 3.86. The van der Waals surface area contributed by atoms with Gasteiger partial charge < -0.3 is 14.9 Å². The molecule has 3 heterocycles. The minimum Gasteiger partial charge on any atom is -0.489 e. The zero-order chi connectivity index (χ0) is 21.4. The predicted octanol–water partition coefficient (Wildman–Crippen LogP) is 2.82. The van der Waals surface area contributed by atoms with Crippen LogP contribution in [0.3, 0.4) is 0 Å². The second-order valence-corrected chi connectivity index (χ2v) is 7.58. The van der Waals surface area contributed by atoms with E-state index in [4.69, 9.17) is 9.57 Å². The van der Waals surface area contributed by atoms with Crippen molar-refractivity contribution in [3.05, 3.63) is 71.4 Å². The molecule has 31 heavy (non-hydrogen) atoms. The van der Waals surface area contributed by atoms with Gasteiger partial charge in [0.25, 0.3) is 5.91 Å². The van der Waals surface area contributed by atoms with Gasteiger partial charge in [0.15, 0.2) is 6.10 Å². The number of hydrogen-bond donors (Lipinski definition) is 2. The number of rotatable bonds is 5. The van der Waals surface area contributed by atoms with Gasteiger partial charge in [-0.05, 0) is 48.9 Å². The van der Waals surface area contributed by atoms with Crippen LogP contribution in [0.1, 0.15) is 23.2 Å². The normalized spacial score (nSPS) is 20.2. The van der Waals surface area contributed by atoms with Gasteiger partial charge >= 0.3 is 6.03 Å². The number of imide groups is 1. The van der Waals surface area contributed by atoms with E-state index in [0.29, 0.717) is 13.0 Å². The van der Waals surface area contributed by atoms with Crippen molar-refractivity contribution in [2.45, 2.75) is 32.1 Å². The van der Waals surface area contributed by atoms with Crippen molar-refractivity contribution in [3.8, 4) is 5.75 Å². The monoisotopic (exact) mass is 416 g/mol. The van der Waals surface area contributed by atoms with E-state index in [1.54, 1.807) is 0 Å². The standard InChI is InChI=1S/C23H20N4O4/c1-13-10-15(17-4-2-3-5-18(17)24-13)12-30-16-8-6-14(7-9-16)19-11-20(31-27-19)21-22(28)26-23(29)25-21/h2-10,20-21H,11-12H2,1H3,(H2,25,26,28,29). The quantitative estimate of drug-likeness (QED) is 0.623. The number of carbonyl (C=O) groups is 2. The van der Waals surface area contributed by atoms with Crippen molar-refractivity contribution in [1.82, 2.24) is 15.6 Å². The van der Waals surface area contributed by atoms with Crippen LogP contribution in [0.4, 0.5) is 4.79 Å². The van der Waals surface area contributed by atoms with Gasteiger partial charge in [-0.3, -0.25) is 15.1 Å². The summed E-state index contributed by atoms with van der Waals surface area (Å²) in [5.74, 6) is 0.342. The predicted molar refractivity (Wildman–Crippen MR) is 114 cm³/mol. The van der Waals surface area contributed by atoms with Gasteiger partial charge in [-0.2, -0.15) is 0 Å². The van der Waals surface area contributed by atoms with E-state index in [1.165, 1.54) is 0 Å². The molecule has 1 saturated heterocycles. The first-order valence-electron chi connectivity index (χ1n) is 9.99. The minimum absolute atomic E-state index is 0.394. The number of benzene rings is 2. The molecule has 2 N–H and O–H groups in total. The number of ether oxygens (including phenoxy) is 1. The van der Waals surface area contributed by atoms with Crippen molar-refractivity contribution in [1.29, 1.82) is 0 Å². The van der Waals surface area contributed by atoms with Gasteiger partial charge in [0.2, 0.25) is 0 Å². The lowest BCUT2D eigenvalue weighted by molar-refractivity contribution is -0.123. The molecule has 156 valence electrons. The number of aromatic nitrogens is 1. The van der Waals surface area contributed by atoms with Gasteiger partial charge in [-0.25, -0.2) is 4.79 Å². The maximum atomic E-state index is 11.8. The van der Waals surface area contributed by atoms with Gasteiger partial charge in [0, 0.05) is 23.1 Å². The lowest BCUT2D eigenvalue weighted by Crippen LogP contribution is -2.40. The van der Waals surface area contributed by atoms with Crippen molar-refractivity contribution < 1.29 is 19.2 Å². The fourth-order valence-electron chi connectivity index (χ4n) is 3.86. The molecule has 2 atom stereocenters. The highest BCUT2D eigenvalue weighted by Gasteiger charge is 2.40. The second-order valence-electron chi connectivity index (χ2n) is 7.58. The molecule has 0 aliphatic carbocycles. The number of oxime groups is 1. The third kappa shape index (κ3) is 3.79. The molecule has 0 bridgehead atoms. The van der Waals surface area contributed by atoms with E-state index < -0.39 is 24.1 Å². The SMILES string of the molecule is Cc1cc(COc2ccc(C3=NOC(C4NC(=O)NC4=O)C3)cc2)c2ccccc2n1. The zero-order valence-corrected chi connectivity index (χ0v) is 16.8. The third-order valence-corrected chi connectivity index (χ3v) is 5.38. The molecular weight excluding hydrogens is 396 g/mol. The zero-order valence-electron chi connectivity index (χ0n) is 16.8. The van der Waals surface area contributed by atoms with Gasteiger partial charge in [0.1, 0.15) is 18.4 Å². The third-order valence-electron chi connectivity index (χ3n) is 5.38. The number of amides is 3. The van der Waals surface area contributed by atoms with Crippen LogP contribution in [0.2, 0.25) is 0 Å². The van der Waals surface area contributed by atoms with Gasteiger partial charge in [-0.15, -0.1) is 0 Å². The number of aryl methyl sites for hydroxylation is 1. The van der Waals surface area contributed by atoms with Crippen molar-refractivity contribution in [2.24, 2.45) is 5.16 Å². The molecule has 2 aliphatic rings. The summed E-state index contributed by atoms with van der Waals surface area (Å²) in [6.07, 6.45) is -0.0819. The summed E-state index contributed by atoms with van der Waals surface area (Å²) in [6, 6.07) is 16.4. The Bertz CT molecular complexity index is 1210. The summed E-state index contributed by atoms with van der Waals surface area (Å²) in [7, 11) is 0. The van der Waals surface area contributed by atoms with Crippen LogP contribution >= 0.6 is 0 Å². The highest BCUT2D eigenvalue weighted by atomic mass is 16.6. The number of nitrogens with one attached hydrogen (secondary N) is 2. The summed E-state index contributed by atoms with van der Waals surface area (Å²) in [5, 5.41) is 9.94. The first-order valence-corrected chi connectivity index (χ1v) is 9.99. The van der Waals surface area contributed by atoms with Crippen LogP contribution in [0.15, 0.2) is 59.8 Å². The Hall–Kier alpha value is -3.94. The first-order chi connectivity index (χ1) is 15.1. The summed E-state index contributed by atoms with van der Waals surface area (Å²) in [4.78, 5) is 33.1. The number of hydrogen-bond acceptors (Lipinski definition) is 6. The molecule has 1 aromatic heterocycles. The van der Waals surface area contributed by atoms with E-state index in [-0.39, 0.29) is 0 Å². The lowest BCUT2D eigenvalue weighted by Gasteiger charge is -2.13. The molecule has 0 radical (unpaired) electrons.